The summed E-state index contributed by atoms with van der Waals surface area (Å²) in [6.07, 6.45) is 0.0707. The highest BCUT2D eigenvalue weighted by Crippen LogP contribution is 2.19. The summed E-state index contributed by atoms with van der Waals surface area (Å²) >= 11 is 0. The molecule has 0 saturated heterocycles. The minimum Gasteiger partial charge on any atom is -0.508 e. The third kappa shape index (κ3) is 6.45. The highest BCUT2D eigenvalue weighted by atomic mass is 16.6. The summed E-state index contributed by atoms with van der Waals surface area (Å²) in [5.74, 6) is -0.00782. The van der Waals surface area contributed by atoms with Crippen LogP contribution in [0.2, 0.25) is 0 Å². The molecule has 26 heavy (non-hydrogen) atoms. The lowest BCUT2D eigenvalue weighted by Crippen LogP contribution is -2.17. The number of carbonyl (C=O) groups is 2. The number of benzene rings is 2. The van der Waals surface area contributed by atoms with Gasteiger partial charge in [-0.25, -0.2) is 4.79 Å². The normalized spacial score (nSPS) is 10.2. The second-order valence-electron chi connectivity index (χ2n) is 5.51. The predicted molar refractivity (Wildman–Crippen MR) is 98.3 cm³/mol. The minimum atomic E-state index is -0.593. The maximum Gasteiger partial charge on any atom is 0.411 e. The van der Waals surface area contributed by atoms with Crippen LogP contribution in [0.15, 0.2) is 48.5 Å². The standard InChI is InChI=1S/C19H22N2O5/c1-25-11-12-26-19(24)21-16-7-4-6-15(13-16)20-18(23)10-9-14-5-2-3-8-17(14)22/h2-8,13,22H,9-12H2,1H3,(H,20,23)(H,21,24). The number of phenolic OH excluding ortho intramolecular Hbond substituents is 1. The summed E-state index contributed by atoms with van der Waals surface area (Å²) in [7, 11) is 1.52. The highest BCUT2D eigenvalue weighted by Gasteiger charge is 2.08. The number of nitrogens with one attached hydrogen (secondary N) is 2. The molecule has 7 heteroatoms. The maximum absolute atomic E-state index is 12.1. The van der Waals surface area contributed by atoms with Gasteiger partial charge in [0.1, 0.15) is 12.4 Å². The summed E-state index contributed by atoms with van der Waals surface area (Å²) in [6.45, 7) is 0.478. The van der Waals surface area contributed by atoms with E-state index in [0.717, 1.165) is 5.56 Å². The molecule has 2 aromatic rings. The van der Waals surface area contributed by atoms with Crippen LogP contribution in [0.5, 0.6) is 5.75 Å². The highest BCUT2D eigenvalue weighted by molar-refractivity contribution is 5.92. The van der Waals surface area contributed by atoms with Crippen molar-refractivity contribution in [2.45, 2.75) is 12.8 Å². The number of hydrogen-bond acceptors (Lipinski definition) is 5. The molecule has 2 aromatic carbocycles. The minimum absolute atomic E-state index is 0.158. The maximum atomic E-state index is 12.1. The molecule has 0 aromatic heterocycles. The molecule has 0 aliphatic carbocycles. The first kappa shape index (κ1) is 19.3. The number of ether oxygens (including phenoxy) is 2. The molecule has 0 radical (unpaired) electrons. The number of rotatable bonds is 8. The Kier molecular flexibility index (Phi) is 7.45. The second-order valence-corrected chi connectivity index (χ2v) is 5.51. The Morgan fingerprint density at radius 3 is 2.46 bits per heavy atom. The van der Waals surface area contributed by atoms with Gasteiger partial charge in [-0.2, -0.15) is 0 Å². The van der Waals surface area contributed by atoms with E-state index >= 15 is 0 Å². The zero-order chi connectivity index (χ0) is 18.8. The van der Waals surface area contributed by atoms with Gasteiger partial charge in [0.25, 0.3) is 0 Å². The van der Waals surface area contributed by atoms with Crippen molar-refractivity contribution in [3.8, 4) is 5.75 Å². The summed E-state index contributed by atoms with van der Waals surface area (Å²) in [5, 5.41) is 15.1. The van der Waals surface area contributed by atoms with Gasteiger partial charge in [-0.15, -0.1) is 0 Å². The van der Waals surface area contributed by atoms with Gasteiger partial charge in [0.15, 0.2) is 0 Å². The Hall–Kier alpha value is -3.06. The first-order valence-corrected chi connectivity index (χ1v) is 8.18. The number of phenols is 1. The molecule has 0 unspecified atom stereocenters. The molecule has 0 aliphatic heterocycles. The molecule has 0 bridgehead atoms. The van der Waals surface area contributed by atoms with Gasteiger partial charge in [0.05, 0.1) is 6.61 Å². The van der Waals surface area contributed by atoms with Crippen molar-refractivity contribution in [1.29, 1.82) is 0 Å². The third-order valence-corrected chi connectivity index (χ3v) is 3.53. The smallest absolute Gasteiger partial charge is 0.411 e. The topological polar surface area (TPSA) is 96.9 Å². The zero-order valence-corrected chi connectivity index (χ0v) is 14.5. The third-order valence-electron chi connectivity index (χ3n) is 3.53. The second kappa shape index (κ2) is 10.0. The van der Waals surface area contributed by atoms with Crippen molar-refractivity contribution in [1.82, 2.24) is 0 Å². The fourth-order valence-corrected chi connectivity index (χ4v) is 2.24. The average molecular weight is 358 g/mol. The monoisotopic (exact) mass is 358 g/mol. The largest absolute Gasteiger partial charge is 0.508 e. The SMILES string of the molecule is COCCOC(=O)Nc1cccc(NC(=O)CCc2ccccc2O)c1. The molecule has 0 saturated carbocycles. The van der Waals surface area contributed by atoms with Gasteiger partial charge in [0.2, 0.25) is 5.91 Å². The van der Waals surface area contributed by atoms with Crippen LogP contribution in [0.4, 0.5) is 16.2 Å². The van der Waals surface area contributed by atoms with Crippen molar-refractivity contribution in [2.75, 3.05) is 31.0 Å². The number of carbonyl (C=O) groups excluding carboxylic acids is 2. The summed E-state index contributed by atoms with van der Waals surface area (Å²) < 4.78 is 9.72. The van der Waals surface area contributed by atoms with Crippen molar-refractivity contribution in [3.05, 3.63) is 54.1 Å². The number of para-hydroxylation sites is 1. The predicted octanol–water partition coefficient (Wildman–Crippen LogP) is 3.16. The van der Waals surface area contributed by atoms with E-state index in [1.165, 1.54) is 7.11 Å². The van der Waals surface area contributed by atoms with E-state index in [2.05, 4.69) is 10.6 Å². The first-order chi connectivity index (χ1) is 12.6. The number of aromatic hydroxyl groups is 1. The molecule has 7 nitrogen and oxygen atoms in total. The fourth-order valence-electron chi connectivity index (χ4n) is 2.24. The van der Waals surface area contributed by atoms with Crippen LogP contribution in [0.1, 0.15) is 12.0 Å². The van der Waals surface area contributed by atoms with Gasteiger partial charge >= 0.3 is 6.09 Å². The van der Waals surface area contributed by atoms with Gasteiger partial charge in [0, 0.05) is 24.9 Å². The molecule has 0 fully saturated rings. The molecule has 0 atom stereocenters. The Morgan fingerprint density at radius 2 is 1.73 bits per heavy atom. The number of hydrogen-bond donors (Lipinski definition) is 3. The van der Waals surface area contributed by atoms with E-state index in [0.29, 0.717) is 24.4 Å². The van der Waals surface area contributed by atoms with E-state index in [1.54, 1.807) is 42.5 Å². The molecule has 2 rings (SSSR count). The van der Waals surface area contributed by atoms with E-state index < -0.39 is 6.09 Å². The van der Waals surface area contributed by atoms with Gasteiger partial charge in [-0.1, -0.05) is 24.3 Å². The molecule has 0 spiro atoms. The molecule has 138 valence electrons. The Bertz CT molecular complexity index is 748. The Balaban J connectivity index is 1.84. The number of methoxy groups -OCH3 is 1. The van der Waals surface area contributed by atoms with Crippen molar-refractivity contribution < 1.29 is 24.2 Å². The van der Waals surface area contributed by atoms with Crippen LogP contribution in [0, 0.1) is 0 Å². The summed E-state index contributed by atoms with van der Waals surface area (Å²) in [6, 6.07) is 13.7. The van der Waals surface area contributed by atoms with Crippen LogP contribution in [-0.2, 0) is 20.7 Å². The number of aryl methyl sites for hydroxylation is 1. The lowest BCUT2D eigenvalue weighted by Gasteiger charge is -2.09. The van der Waals surface area contributed by atoms with Crippen molar-refractivity contribution in [3.63, 3.8) is 0 Å². The van der Waals surface area contributed by atoms with Crippen LogP contribution in [-0.4, -0.2) is 37.4 Å². The van der Waals surface area contributed by atoms with Gasteiger partial charge in [-0.3, -0.25) is 10.1 Å². The number of anilines is 2. The fraction of sp³-hybridized carbons (Fsp3) is 0.263. The van der Waals surface area contributed by atoms with Gasteiger partial charge in [-0.05, 0) is 36.2 Å². The van der Waals surface area contributed by atoms with E-state index in [4.69, 9.17) is 9.47 Å². The number of amides is 2. The van der Waals surface area contributed by atoms with Gasteiger partial charge < -0.3 is 19.9 Å². The van der Waals surface area contributed by atoms with Crippen LogP contribution in [0.3, 0.4) is 0 Å². The zero-order valence-electron chi connectivity index (χ0n) is 14.5. The summed E-state index contributed by atoms with van der Waals surface area (Å²) in [5.41, 5.74) is 1.78. The Labute approximate surface area is 151 Å². The molecule has 2 amide bonds. The molecular weight excluding hydrogens is 336 g/mol. The lowest BCUT2D eigenvalue weighted by atomic mass is 10.1. The van der Waals surface area contributed by atoms with Crippen molar-refractivity contribution in [2.24, 2.45) is 0 Å². The lowest BCUT2D eigenvalue weighted by molar-refractivity contribution is -0.116. The quantitative estimate of drug-likeness (QED) is 0.630. The molecule has 0 aliphatic rings. The van der Waals surface area contributed by atoms with E-state index in [1.807, 2.05) is 6.07 Å². The molecular formula is C19H22N2O5. The Morgan fingerprint density at radius 1 is 1.00 bits per heavy atom. The van der Waals surface area contributed by atoms with Crippen molar-refractivity contribution >= 4 is 23.4 Å². The van der Waals surface area contributed by atoms with Crippen LogP contribution < -0.4 is 10.6 Å². The van der Waals surface area contributed by atoms with Crippen LogP contribution >= 0.6 is 0 Å². The first-order valence-electron chi connectivity index (χ1n) is 8.18. The molecule has 0 heterocycles. The van der Waals surface area contributed by atoms with Crippen LogP contribution in [0.25, 0.3) is 0 Å². The van der Waals surface area contributed by atoms with E-state index in [-0.39, 0.29) is 24.7 Å². The molecule has 3 N–H and O–H groups in total. The van der Waals surface area contributed by atoms with E-state index in [9.17, 15) is 14.7 Å². The average Bonchev–Trinajstić information content (AvgIpc) is 2.61. The summed E-state index contributed by atoms with van der Waals surface area (Å²) in [4.78, 5) is 23.7.